The highest BCUT2D eigenvalue weighted by Gasteiger charge is 2.03. The van der Waals surface area contributed by atoms with Crippen molar-refractivity contribution >= 4 is 35.9 Å². The minimum Gasteiger partial charge on any atom is -0.466 e. The number of hydrogen-bond donors (Lipinski definition) is 2. The number of rotatable bonds is 8. The fourth-order valence-corrected chi connectivity index (χ4v) is 2.15. The second-order valence-corrected chi connectivity index (χ2v) is 5.16. The number of carbonyl (C=O) groups is 1. The Hall–Kier alpha value is -1.38. The molecule has 136 valence electrons. The third kappa shape index (κ3) is 9.05. The number of esters is 1. The van der Waals surface area contributed by atoms with Gasteiger partial charge < -0.3 is 15.4 Å². The topological polar surface area (TPSA) is 62.7 Å². The van der Waals surface area contributed by atoms with Gasteiger partial charge in [-0.1, -0.05) is 6.07 Å². The maximum atomic E-state index is 13.1. The van der Waals surface area contributed by atoms with Crippen LogP contribution in [0.1, 0.15) is 30.9 Å². The summed E-state index contributed by atoms with van der Waals surface area (Å²) < 4.78 is 17.9. The SMILES string of the molecule is CCOC(=O)CCCNC(=NC)NCCc1ccc(F)cc1C.I. The van der Waals surface area contributed by atoms with Crippen molar-refractivity contribution < 1.29 is 13.9 Å². The second-order valence-electron chi connectivity index (χ2n) is 5.16. The Kier molecular flexibility index (Phi) is 12.2. The Labute approximate surface area is 160 Å². The first-order valence-corrected chi connectivity index (χ1v) is 7.92. The minimum atomic E-state index is -0.210. The molecule has 1 rings (SSSR count). The first-order valence-electron chi connectivity index (χ1n) is 7.92. The molecule has 0 unspecified atom stereocenters. The van der Waals surface area contributed by atoms with Crippen LogP contribution in [0.3, 0.4) is 0 Å². The van der Waals surface area contributed by atoms with Crippen LogP contribution in [0.4, 0.5) is 4.39 Å². The molecule has 0 aromatic heterocycles. The molecule has 1 aromatic rings. The molecule has 0 aliphatic heterocycles. The van der Waals surface area contributed by atoms with E-state index < -0.39 is 0 Å². The van der Waals surface area contributed by atoms with E-state index in [2.05, 4.69) is 15.6 Å². The van der Waals surface area contributed by atoms with E-state index in [9.17, 15) is 9.18 Å². The standard InChI is InChI=1S/C17H26FN3O2.HI/c1-4-23-16(22)6-5-10-20-17(19-3)21-11-9-14-7-8-15(18)12-13(14)2;/h7-8,12H,4-6,9-11H2,1-3H3,(H2,19,20,21);1H. The smallest absolute Gasteiger partial charge is 0.305 e. The summed E-state index contributed by atoms with van der Waals surface area (Å²) >= 11 is 0. The van der Waals surface area contributed by atoms with E-state index in [4.69, 9.17) is 4.74 Å². The number of aryl methyl sites for hydroxylation is 1. The number of nitrogens with one attached hydrogen (secondary N) is 2. The van der Waals surface area contributed by atoms with E-state index in [-0.39, 0.29) is 35.8 Å². The van der Waals surface area contributed by atoms with Gasteiger partial charge in [-0.25, -0.2) is 4.39 Å². The van der Waals surface area contributed by atoms with Gasteiger partial charge in [-0.05, 0) is 49.9 Å². The van der Waals surface area contributed by atoms with Gasteiger partial charge in [0.25, 0.3) is 0 Å². The van der Waals surface area contributed by atoms with E-state index in [1.54, 1.807) is 14.0 Å². The van der Waals surface area contributed by atoms with Crippen LogP contribution >= 0.6 is 24.0 Å². The van der Waals surface area contributed by atoms with Gasteiger partial charge in [0.1, 0.15) is 5.82 Å². The van der Waals surface area contributed by atoms with E-state index >= 15 is 0 Å². The number of aliphatic imine (C=N–C) groups is 1. The summed E-state index contributed by atoms with van der Waals surface area (Å²) in [6, 6.07) is 4.82. The Morgan fingerprint density at radius 1 is 1.29 bits per heavy atom. The van der Waals surface area contributed by atoms with Crippen molar-refractivity contribution in [3.63, 3.8) is 0 Å². The van der Waals surface area contributed by atoms with Crippen molar-refractivity contribution in [2.24, 2.45) is 4.99 Å². The van der Waals surface area contributed by atoms with Gasteiger partial charge in [0.05, 0.1) is 6.61 Å². The summed E-state index contributed by atoms with van der Waals surface area (Å²) in [7, 11) is 1.70. The van der Waals surface area contributed by atoms with Crippen molar-refractivity contribution in [2.75, 3.05) is 26.7 Å². The highest BCUT2D eigenvalue weighted by molar-refractivity contribution is 14.0. The van der Waals surface area contributed by atoms with Crippen LogP contribution < -0.4 is 10.6 Å². The molecule has 2 N–H and O–H groups in total. The third-order valence-corrected chi connectivity index (χ3v) is 3.37. The molecule has 7 heteroatoms. The van der Waals surface area contributed by atoms with Crippen LogP contribution in [0.15, 0.2) is 23.2 Å². The van der Waals surface area contributed by atoms with Crippen molar-refractivity contribution in [2.45, 2.75) is 33.1 Å². The first kappa shape index (κ1) is 22.6. The zero-order chi connectivity index (χ0) is 17.1. The minimum absolute atomic E-state index is 0. The molecule has 1 aromatic carbocycles. The summed E-state index contributed by atoms with van der Waals surface area (Å²) in [6.45, 7) is 5.46. The van der Waals surface area contributed by atoms with Crippen LogP contribution in [0, 0.1) is 12.7 Å². The lowest BCUT2D eigenvalue weighted by Crippen LogP contribution is -2.38. The van der Waals surface area contributed by atoms with Gasteiger partial charge in [0.15, 0.2) is 5.96 Å². The average Bonchev–Trinajstić information content (AvgIpc) is 2.52. The van der Waals surface area contributed by atoms with E-state index in [1.807, 2.05) is 13.0 Å². The number of halogens is 2. The molecule has 5 nitrogen and oxygen atoms in total. The molecule has 0 aliphatic carbocycles. The van der Waals surface area contributed by atoms with Crippen molar-refractivity contribution in [1.29, 1.82) is 0 Å². The lowest BCUT2D eigenvalue weighted by Gasteiger charge is -2.12. The second kappa shape index (κ2) is 13.0. The number of benzene rings is 1. The predicted molar refractivity (Wildman–Crippen MR) is 105 cm³/mol. The Morgan fingerprint density at radius 3 is 2.62 bits per heavy atom. The lowest BCUT2D eigenvalue weighted by molar-refractivity contribution is -0.143. The molecular weight excluding hydrogens is 424 g/mol. The first-order chi connectivity index (χ1) is 11.1. The molecule has 0 saturated carbocycles. The maximum absolute atomic E-state index is 13.1. The van der Waals surface area contributed by atoms with Gasteiger partial charge in [0, 0.05) is 26.6 Å². The Bertz CT molecular complexity index is 539. The summed E-state index contributed by atoms with van der Waals surface area (Å²) in [5.74, 6) is 0.302. The lowest BCUT2D eigenvalue weighted by atomic mass is 10.1. The van der Waals surface area contributed by atoms with Gasteiger partial charge >= 0.3 is 5.97 Å². The van der Waals surface area contributed by atoms with Crippen LogP contribution in [-0.4, -0.2) is 38.7 Å². The van der Waals surface area contributed by atoms with Crippen molar-refractivity contribution in [3.05, 3.63) is 35.1 Å². The average molecular weight is 451 g/mol. The molecule has 0 aliphatic rings. The third-order valence-electron chi connectivity index (χ3n) is 3.37. The Morgan fingerprint density at radius 2 is 2.00 bits per heavy atom. The highest BCUT2D eigenvalue weighted by Crippen LogP contribution is 2.10. The zero-order valence-electron chi connectivity index (χ0n) is 14.5. The van der Waals surface area contributed by atoms with E-state index in [1.165, 1.54) is 12.1 Å². The number of hydrogen-bond acceptors (Lipinski definition) is 3. The van der Waals surface area contributed by atoms with Crippen LogP contribution in [0.5, 0.6) is 0 Å². The molecule has 0 spiro atoms. The molecule has 0 fully saturated rings. The number of carbonyl (C=O) groups excluding carboxylic acids is 1. The van der Waals surface area contributed by atoms with Crippen LogP contribution in [0.25, 0.3) is 0 Å². The molecule has 0 heterocycles. The molecule has 0 radical (unpaired) electrons. The molecule has 0 saturated heterocycles. The zero-order valence-corrected chi connectivity index (χ0v) is 16.9. The molecule has 0 amide bonds. The van der Waals surface area contributed by atoms with Crippen LogP contribution in [-0.2, 0) is 16.0 Å². The normalized spacial score (nSPS) is 10.8. The quantitative estimate of drug-likeness (QED) is 0.210. The van der Waals surface area contributed by atoms with E-state index in [0.29, 0.717) is 38.5 Å². The largest absolute Gasteiger partial charge is 0.466 e. The fraction of sp³-hybridized carbons (Fsp3) is 0.529. The fourth-order valence-electron chi connectivity index (χ4n) is 2.15. The molecular formula is C17H27FIN3O2. The Balaban J connectivity index is 0.00000529. The maximum Gasteiger partial charge on any atom is 0.305 e. The summed E-state index contributed by atoms with van der Waals surface area (Å²) in [5.41, 5.74) is 2.06. The highest BCUT2D eigenvalue weighted by atomic mass is 127. The summed E-state index contributed by atoms with van der Waals surface area (Å²) in [4.78, 5) is 15.3. The van der Waals surface area contributed by atoms with Gasteiger partial charge in [-0.15, -0.1) is 24.0 Å². The van der Waals surface area contributed by atoms with Gasteiger partial charge in [-0.2, -0.15) is 0 Å². The van der Waals surface area contributed by atoms with Crippen molar-refractivity contribution in [1.82, 2.24) is 10.6 Å². The molecule has 0 bridgehead atoms. The van der Waals surface area contributed by atoms with Gasteiger partial charge in [0.2, 0.25) is 0 Å². The number of ether oxygens (including phenoxy) is 1. The summed E-state index contributed by atoms with van der Waals surface area (Å²) in [5, 5.41) is 6.35. The number of nitrogens with zero attached hydrogens (tertiary/aromatic N) is 1. The van der Waals surface area contributed by atoms with E-state index in [0.717, 1.165) is 17.5 Å². The summed E-state index contributed by atoms with van der Waals surface area (Å²) in [6.07, 6.45) is 1.87. The predicted octanol–water partition coefficient (Wildman–Crippen LogP) is 2.80. The van der Waals surface area contributed by atoms with Crippen LogP contribution in [0.2, 0.25) is 0 Å². The molecule has 24 heavy (non-hydrogen) atoms. The number of guanidine groups is 1. The molecule has 0 atom stereocenters. The van der Waals surface area contributed by atoms with Crippen molar-refractivity contribution in [3.8, 4) is 0 Å². The monoisotopic (exact) mass is 451 g/mol. The van der Waals surface area contributed by atoms with Gasteiger partial charge in [-0.3, -0.25) is 9.79 Å².